The van der Waals surface area contributed by atoms with Crippen LogP contribution in [0.15, 0.2) is 5.16 Å². The van der Waals surface area contributed by atoms with Gasteiger partial charge in [-0.25, -0.2) is 8.42 Å². The van der Waals surface area contributed by atoms with E-state index in [1.54, 1.807) is 4.57 Å². The second kappa shape index (κ2) is 5.14. The van der Waals surface area contributed by atoms with E-state index in [0.717, 1.165) is 12.8 Å². The van der Waals surface area contributed by atoms with Crippen LogP contribution in [0.25, 0.3) is 0 Å². The zero-order valence-electron chi connectivity index (χ0n) is 9.64. The summed E-state index contributed by atoms with van der Waals surface area (Å²) in [6.45, 7) is 6.42. The van der Waals surface area contributed by atoms with Crippen LogP contribution in [-0.2, 0) is 15.6 Å². The molecule has 0 aliphatic carbocycles. The third kappa shape index (κ3) is 2.74. The third-order valence-electron chi connectivity index (χ3n) is 2.44. The maximum atomic E-state index is 11.2. The molecule has 0 amide bonds. The van der Waals surface area contributed by atoms with Crippen molar-refractivity contribution in [2.75, 3.05) is 0 Å². The van der Waals surface area contributed by atoms with Crippen molar-refractivity contribution in [3.63, 3.8) is 0 Å². The van der Waals surface area contributed by atoms with E-state index in [9.17, 15) is 8.42 Å². The average molecular weight is 266 g/mol. The highest BCUT2D eigenvalue weighted by Gasteiger charge is 2.23. The van der Waals surface area contributed by atoms with Crippen molar-refractivity contribution in [1.29, 1.82) is 0 Å². The molecule has 5 nitrogen and oxygen atoms in total. The summed E-state index contributed by atoms with van der Waals surface area (Å²) in [5.74, 6) is 0.869. The number of hydrogen-bond donors (Lipinski definition) is 0. The monoisotopic (exact) mass is 265 g/mol. The summed E-state index contributed by atoms with van der Waals surface area (Å²) in [5.41, 5.74) is 0. The van der Waals surface area contributed by atoms with Gasteiger partial charge in [-0.05, 0) is 13.3 Å². The van der Waals surface area contributed by atoms with Gasteiger partial charge in [-0.2, -0.15) is 0 Å². The van der Waals surface area contributed by atoms with Gasteiger partial charge in [0.1, 0.15) is 5.82 Å². The number of hydrogen-bond acceptors (Lipinski definition) is 4. The largest absolute Gasteiger partial charge is 0.301 e. The molecule has 0 fully saturated rings. The molecule has 0 bridgehead atoms. The lowest BCUT2D eigenvalue weighted by molar-refractivity contribution is 0.545. The third-order valence-corrected chi connectivity index (χ3v) is 3.59. The standard InChI is InChI=1S/C9H16ClN3O2S/c1-4-6-7(3)8-11-12-9(13(8)5-2)16(10,14)15/h7H,4-6H2,1-3H3. The lowest BCUT2D eigenvalue weighted by Crippen LogP contribution is -2.10. The normalized spacial score (nSPS) is 14.0. The Morgan fingerprint density at radius 1 is 1.38 bits per heavy atom. The molecule has 1 aromatic rings. The van der Waals surface area contributed by atoms with E-state index in [-0.39, 0.29) is 11.1 Å². The van der Waals surface area contributed by atoms with Crippen molar-refractivity contribution in [3.8, 4) is 0 Å². The van der Waals surface area contributed by atoms with Crippen LogP contribution in [0.3, 0.4) is 0 Å². The van der Waals surface area contributed by atoms with Gasteiger partial charge in [-0.15, -0.1) is 10.2 Å². The first-order valence-corrected chi connectivity index (χ1v) is 7.60. The van der Waals surface area contributed by atoms with Crippen LogP contribution in [-0.4, -0.2) is 23.2 Å². The average Bonchev–Trinajstić information content (AvgIpc) is 2.60. The molecular weight excluding hydrogens is 250 g/mol. The van der Waals surface area contributed by atoms with Gasteiger partial charge in [0.05, 0.1) is 0 Å². The minimum absolute atomic E-state index is 0.158. The Bertz CT molecular complexity index is 455. The molecule has 0 aromatic carbocycles. The molecule has 0 saturated carbocycles. The van der Waals surface area contributed by atoms with E-state index in [1.165, 1.54) is 0 Å². The second-order valence-corrected chi connectivity index (χ2v) is 6.17. The van der Waals surface area contributed by atoms with E-state index < -0.39 is 9.05 Å². The molecule has 0 spiro atoms. The van der Waals surface area contributed by atoms with Crippen molar-refractivity contribution in [2.45, 2.75) is 51.2 Å². The van der Waals surface area contributed by atoms with Gasteiger partial charge in [-0.1, -0.05) is 20.3 Å². The summed E-state index contributed by atoms with van der Waals surface area (Å²) in [5, 5.41) is 7.42. The Balaban J connectivity index is 3.19. The smallest absolute Gasteiger partial charge is 0.296 e. The zero-order chi connectivity index (χ0) is 12.3. The molecule has 0 radical (unpaired) electrons. The highest BCUT2D eigenvalue weighted by atomic mass is 35.7. The van der Waals surface area contributed by atoms with Crippen molar-refractivity contribution < 1.29 is 8.42 Å². The van der Waals surface area contributed by atoms with Crippen LogP contribution in [0.1, 0.15) is 45.4 Å². The molecule has 1 aromatic heterocycles. The maximum Gasteiger partial charge on any atom is 0.296 e. The van der Waals surface area contributed by atoms with Crippen LogP contribution in [0.4, 0.5) is 0 Å². The first-order valence-electron chi connectivity index (χ1n) is 5.29. The topological polar surface area (TPSA) is 64.8 Å². The fraction of sp³-hybridized carbons (Fsp3) is 0.778. The summed E-state index contributed by atoms with van der Waals surface area (Å²) in [6, 6.07) is 0. The number of halogens is 1. The summed E-state index contributed by atoms with van der Waals surface area (Å²) in [6.07, 6.45) is 1.96. The van der Waals surface area contributed by atoms with Crippen LogP contribution in [0, 0.1) is 0 Å². The van der Waals surface area contributed by atoms with E-state index >= 15 is 0 Å². The van der Waals surface area contributed by atoms with Crippen molar-refractivity contribution >= 4 is 19.7 Å². The molecule has 1 unspecified atom stereocenters. The molecule has 92 valence electrons. The summed E-state index contributed by atoms with van der Waals surface area (Å²) >= 11 is 0. The number of rotatable bonds is 5. The Kier molecular flexibility index (Phi) is 4.32. The molecule has 1 atom stereocenters. The van der Waals surface area contributed by atoms with Crippen LogP contribution in [0.2, 0.25) is 0 Å². The Labute approximate surface area is 100 Å². The molecule has 0 aliphatic heterocycles. The molecule has 0 N–H and O–H groups in total. The first-order chi connectivity index (χ1) is 7.41. The summed E-state index contributed by atoms with van der Waals surface area (Å²) in [4.78, 5) is 0. The van der Waals surface area contributed by atoms with Gasteiger partial charge in [0.25, 0.3) is 14.2 Å². The molecule has 16 heavy (non-hydrogen) atoms. The predicted molar refractivity (Wildman–Crippen MR) is 62.1 cm³/mol. The number of aromatic nitrogens is 3. The molecular formula is C9H16ClN3O2S. The van der Waals surface area contributed by atoms with Gasteiger partial charge in [0.2, 0.25) is 0 Å². The first kappa shape index (κ1) is 13.4. The quantitative estimate of drug-likeness (QED) is 0.765. The van der Waals surface area contributed by atoms with Gasteiger partial charge in [0.15, 0.2) is 0 Å². The molecule has 0 aliphatic rings. The van der Waals surface area contributed by atoms with Crippen LogP contribution >= 0.6 is 10.7 Å². The van der Waals surface area contributed by atoms with E-state index in [4.69, 9.17) is 10.7 Å². The Morgan fingerprint density at radius 3 is 2.44 bits per heavy atom. The summed E-state index contributed by atoms with van der Waals surface area (Å²) < 4.78 is 24.1. The van der Waals surface area contributed by atoms with Crippen molar-refractivity contribution in [3.05, 3.63) is 5.82 Å². The highest BCUT2D eigenvalue weighted by molar-refractivity contribution is 8.13. The Morgan fingerprint density at radius 2 is 2.00 bits per heavy atom. The fourth-order valence-electron chi connectivity index (χ4n) is 1.70. The van der Waals surface area contributed by atoms with E-state index in [0.29, 0.717) is 12.4 Å². The Hall–Kier alpha value is -0.620. The molecule has 1 rings (SSSR count). The van der Waals surface area contributed by atoms with Crippen molar-refractivity contribution in [2.24, 2.45) is 0 Å². The molecule has 7 heteroatoms. The minimum Gasteiger partial charge on any atom is -0.301 e. The molecule has 1 heterocycles. The maximum absolute atomic E-state index is 11.2. The SMILES string of the molecule is CCCC(C)c1nnc(S(=O)(=O)Cl)n1CC. The second-order valence-electron chi connectivity index (χ2n) is 3.71. The van der Waals surface area contributed by atoms with Gasteiger partial charge in [0, 0.05) is 23.1 Å². The zero-order valence-corrected chi connectivity index (χ0v) is 11.2. The fourth-order valence-corrected chi connectivity index (χ4v) is 2.67. The molecule has 0 saturated heterocycles. The highest BCUT2D eigenvalue weighted by Crippen LogP contribution is 2.22. The van der Waals surface area contributed by atoms with Gasteiger partial charge < -0.3 is 4.57 Å². The summed E-state index contributed by atoms with van der Waals surface area (Å²) in [7, 11) is 1.47. The predicted octanol–water partition coefficient (Wildman–Crippen LogP) is 2.13. The van der Waals surface area contributed by atoms with Gasteiger partial charge >= 0.3 is 0 Å². The minimum atomic E-state index is -3.81. The number of nitrogens with zero attached hydrogens (tertiary/aromatic N) is 3. The van der Waals surface area contributed by atoms with E-state index in [2.05, 4.69) is 17.1 Å². The van der Waals surface area contributed by atoms with Gasteiger partial charge in [-0.3, -0.25) is 0 Å². The lowest BCUT2D eigenvalue weighted by Gasteiger charge is -2.11. The van der Waals surface area contributed by atoms with Crippen molar-refractivity contribution in [1.82, 2.24) is 14.8 Å². The lowest BCUT2D eigenvalue weighted by atomic mass is 10.1. The van der Waals surface area contributed by atoms with E-state index in [1.807, 2.05) is 13.8 Å². The van der Waals surface area contributed by atoms with Crippen LogP contribution < -0.4 is 0 Å². The van der Waals surface area contributed by atoms with Crippen LogP contribution in [0.5, 0.6) is 0 Å².